The minimum Gasteiger partial charge on any atom is -0.350 e. The van der Waals surface area contributed by atoms with Gasteiger partial charge in [-0.25, -0.2) is 0 Å². The third-order valence-corrected chi connectivity index (χ3v) is 2.66. The first-order valence-corrected chi connectivity index (χ1v) is 4.92. The van der Waals surface area contributed by atoms with Crippen molar-refractivity contribution in [2.75, 3.05) is 13.1 Å². The van der Waals surface area contributed by atoms with Crippen LogP contribution in [0.2, 0.25) is 0 Å². The molecule has 2 aliphatic rings. The smallest absolute Gasteiger partial charge is 0.246 e. The van der Waals surface area contributed by atoms with Crippen LogP contribution in [-0.4, -0.2) is 35.8 Å². The fourth-order valence-electron chi connectivity index (χ4n) is 1.54. The van der Waals surface area contributed by atoms with Gasteiger partial charge >= 0.3 is 0 Å². The zero-order chi connectivity index (χ0) is 10.1. The van der Waals surface area contributed by atoms with E-state index in [4.69, 9.17) is 0 Å². The maximum atomic E-state index is 11.3. The van der Waals surface area contributed by atoms with Gasteiger partial charge in [0.25, 0.3) is 0 Å². The summed E-state index contributed by atoms with van der Waals surface area (Å²) in [7, 11) is 0. The van der Waals surface area contributed by atoms with Gasteiger partial charge in [-0.15, -0.1) is 0 Å². The molecule has 0 aromatic carbocycles. The molecule has 4 nitrogen and oxygen atoms in total. The SMILES string of the molecule is C=CC(=O)N1CC(NC(=O)C2CC2)C1. The van der Waals surface area contributed by atoms with Crippen LogP contribution >= 0.6 is 0 Å². The van der Waals surface area contributed by atoms with Crippen molar-refractivity contribution in [2.45, 2.75) is 18.9 Å². The normalized spacial score (nSPS) is 21.3. The average Bonchev–Trinajstić information content (AvgIpc) is 2.91. The Morgan fingerprint density at radius 3 is 2.50 bits per heavy atom. The van der Waals surface area contributed by atoms with Gasteiger partial charge in [-0.2, -0.15) is 0 Å². The zero-order valence-corrected chi connectivity index (χ0v) is 8.03. The highest BCUT2D eigenvalue weighted by atomic mass is 16.2. The molecule has 14 heavy (non-hydrogen) atoms. The fraction of sp³-hybridized carbons (Fsp3) is 0.600. The van der Waals surface area contributed by atoms with E-state index in [0.29, 0.717) is 13.1 Å². The summed E-state index contributed by atoms with van der Waals surface area (Å²) in [5.74, 6) is 0.349. The van der Waals surface area contributed by atoms with Crippen molar-refractivity contribution < 1.29 is 9.59 Å². The second-order valence-corrected chi connectivity index (χ2v) is 3.93. The van der Waals surface area contributed by atoms with Crippen LogP contribution in [-0.2, 0) is 9.59 Å². The van der Waals surface area contributed by atoms with E-state index in [1.165, 1.54) is 6.08 Å². The molecule has 0 aromatic heterocycles. The first-order chi connectivity index (χ1) is 6.70. The van der Waals surface area contributed by atoms with Gasteiger partial charge in [0.2, 0.25) is 11.8 Å². The van der Waals surface area contributed by atoms with Gasteiger partial charge < -0.3 is 10.2 Å². The van der Waals surface area contributed by atoms with Crippen LogP contribution in [0.25, 0.3) is 0 Å². The maximum absolute atomic E-state index is 11.3. The molecule has 0 atom stereocenters. The van der Waals surface area contributed by atoms with Gasteiger partial charge in [-0.1, -0.05) is 6.58 Å². The zero-order valence-electron chi connectivity index (χ0n) is 8.03. The Kier molecular flexibility index (Phi) is 2.27. The molecule has 2 rings (SSSR count). The molecule has 0 spiro atoms. The van der Waals surface area contributed by atoms with E-state index in [9.17, 15) is 9.59 Å². The third kappa shape index (κ3) is 1.78. The number of carbonyl (C=O) groups is 2. The second-order valence-electron chi connectivity index (χ2n) is 3.93. The lowest BCUT2D eigenvalue weighted by atomic mass is 10.1. The van der Waals surface area contributed by atoms with E-state index < -0.39 is 0 Å². The largest absolute Gasteiger partial charge is 0.350 e. The van der Waals surface area contributed by atoms with E-state index in [2.05, 4.69) is 11.9 Å². The van der Waals surface area contributed by atoms with E-state index in [-0.39, 0.29) is 23.8 Å². The molecule has 0 radical (unpaired) electrons. The molecule has 0 bridgehead atoms. The van der Waals surface area contributed by atoms with Crippen molar-refractivity contribution in [3.63, 3.8) is 0 Å². The molecule has 1 aliphatic carbocycles. The van der Waals surface area contributed by atoms with Crippen molar-refractivity contribution in [2.24, 2.45) is 5.92 Å². The predicted molar refractivity (Wildman–Crippen MR) is 51.4 cm³/mol. The summed E-state index contributed by atoms with van der Waals surface area (Å²) in [5.41, 5.74) is 0. The predicted octanol–water partition coefficient (Wildman–Crippen LogP) is -0.0906. The van der Waals surface area contributed by atoms with Crippen LogP contribution in [0.5, 0.6) is 0 Å². The number of hydrogen-bond acceptors (Lipinski definition) is 2. The molecule has 1 N–H and O–H groups in total. The van der Waals surface area contributed by atoms with Gasteiger partial charge in [-0.3, -0.25) is 9.59 Å². The van der Waals surface area contributed by atoms with E-state index >= 15 is 0 Å². The summed E-state index contributed by atoms with van der Waals surface area (Å²) in [4.78, 5) is 24.1. The molecule has 0 aromatic rings. The topological polar surface area (TPSA) is 49.4 Å². The molecular weight excluding hydrogens is 180 g/mol. The summed E-state index contributed by atoms with van der Waals surface area (Å²) in [6.07, 6.45) is 3.35. The van der Waals surface area contributed by atoms with Gasteiger partial charge in [0.15, 0.2) is 0 Å². The lowest BCUT2D eigenvalue weighted by molar-refractivity contribution is -0.133. The Bertz CT molecular complexity index is 278. The van der Waals surface area contributed by atoms with Crippen molar-refractivity contribution in [3.8, 4) is 0 Å². The van der Waals surface area contributed by atoms with Crippen LogP contribution in [0.4, 0.5) is 0 Å². The molecule has 4 heteroatoms. The Labute approximate surface area is 83.0 Å². The first-order valence-electron chi connectivity index (χ1n) is 4.92. The van der Waals surface area contributed by atoms with Crippen LogP contribution < -0.4 is 5.32 Å². The summed E-state index contributed by atoms with van der Waals surface area (Å²) in [6, 6.07) is 0.159. The second kappa shape index (κ2) is 3.44. The fourth-order valence-corrected chi connectivity index (χ4v) is 1.54. The lowest BCUT2D eigenvalue weighted by Crippen LogP contribution is -2.60. The highest BCUT2D eigenvalue weighted by Gasteiger charge is 2.35. The lowest BCUT2D eigenvalue weighted by Gasteiger charge is -2.38. The number of rotatable bonds is 3. The molecular formula is C10H14N2O2. The number of nitrogens with zero attached hydrogens (tertiary/aromatic N) is 1. The molecule has 1 saturated carbocycles. The van der Waals surface area contributed by atoms with Crippen molar-refractivity contribution in [1.82, 2.24) is 10.2 Å². The van der Waals surface area contributed by atoms with Crippen LogP contribution in [0.3, 0.4) is 0 Å². The Morgan fingerprint density at radius 1 is 1.36 bits per heavy atom. The maximum Gasteiger partial charge on any atom is 0.246 e. The number of amides is 2. The van der Waals surface area contributed by atoms with Crippen molar-refractivity contribution in [3.05, 3.63) is 12.7 Å². The molecule has 2 fully saturated rings. The number of nitrogens with one attached hydrogen (secondary N) is 1. The van der Waals surface area contributed by atoms with Gasteiger partial charge in [0.05, 0.1) is 6.04 Å². The van der Waals surface area contributed by atoms with Crippen LogP contribution in [0, 0.1) is 5.92 Å². The summed E-state index contributed by atoms with van der Waals surface area (Å²) < 4.78 is 0. The van der Waals surface area contributed by atoms with Gasteiger partial charge in [0.1, 0.15) is 0 Å². The monoisotopic (exact) mass is 194 g/mol. The van der Waals surface area contributed by atoms with E-state index in [1.807, 2.05) is 0 Å². The number of carbonyl (C=O) groups excluding carboxylic acids is 2. The van der Waals surface area contributed by atoms with Gasteiger partial charge in [0, 0.05) is 19.0 Å². The van der Waals surface area contributed by atoms with Crippen molar-refractivity contribution in [1.29, 1.82) is 0 Å². The number of likely N-dealkylation sites (tertiary alicyclic amines) is 1. The molecule has 76 valence electrons. The quantitative estimate of drug-likeness (QED) is 0.638. The minimum absolute atomic E-state index is 0.0538. The highest BCUT2D eigenvalue weighted by molar-refractivity contribution is 5.88. The summed E-state index contributed by atoms with van der Waals surface area (Å²) in [6.45, 7) is 4.67. The Morgan fingerprint density at radius 2 is 2.00 bits per heavy atom. The standard InChI is InChI=1S/C10H14N2O2/c1-2-9(13)12-5-8(6-12)11-10(14)7-3-4-7/h2,7-8H,1,3-6H2,(H,11,14). The van der Waals surface area contributed by atoms with Gasteiger partial charge in [-0.05, 0) is 18.9 Å². The Balaban J connectivity index is 1.69. The summed E-state index contributed by atoms with van der Waals surface area (Å²) >= 11 is 0. The third-order valence-electron chi connectivity index (χ3n) is 2.66. The van der Waals surface area contributed by atoms with E-state index in [1.54, 1.807) is 4.90 Å². The Hall–Kier alpha value is -1.32. The molecule has 0 unspecified atom stereocenters. The van der Waals surface area contributed by atoms with Crippen LogP contribution in [0.1, 0.15) is 12.8 Å². The molecule has 1 aliphatic heterocycles. The molecule has 2 amide bonds. The highest BCUT2D eigenvalue weighted by Crippen LogP contribution is 2.29. The first kappa shape index (κ1) is 9.24. The molecule has 1 saturated heterocycles. The minimum atomic E-state index is -0.0538. The van der Waals surface area contributed by atoms with E-state index in [0.717, 1.165) is 12.8 Å². The number of hydrogen-bond donors (Lipinski definition) is 1. The molecule has 1 heterocycles. The summed E-state index contributed by atoms with van der Waals surface area (Å²) in [5, 5.41) is 2.92. The van der Waals surface area contributed by atoms with Crippen molar-refractivity contribution >= 4 is 11.8 Å². The van der Waals surface area contributed by atoms with Crippen LogP contribution in [0.15, 0.2) is 12.7 Å². The average molecular weight is 194 g/mol.